The molecule has 0 N–H and O–H groups in total. The summed E-state index contributed by atoms with van der Waals surface area (Å²) in [6.07, 6.45) is 2.65. The Hall–Kier alpha value is -2.97. The van der Waals surface area contributed by atoms with Gasteiger partial charge < -0.3 is 24.2 Å². The molecule has 2 aromatic heterocycles. The van der Waals surface area contributed by atoms with Crippen LogP contribution in [0.1, 0.15) is 6.42 Å². The summed E-state index contributed by atoms with van der Waals surface area (Å²) in [6, 6.07) is 11.0. The van der Waals surface area contributed by atoms with Crippen LogP contribution in [0.3, 0.4) is 0 Å². The maximum Gasteiger partial charge on any atom is 0.264 e. The fourth-order valence-corrected chi connectivity index (χ4v) is 4.84. The van der Waals surface area contributed by atoms with Crippen molar-refractivity contribution in [1.82, 2.24) is 24.3 Å². The Kier molecular flexibility index (Phi) is 5.80. The van der Waals surface area contributed by atoms with E-state index in [-0.39, 0.29) is 5.56 Å². The van der Waals surface area contributed by atoms with Crippen molar-refractivity contribution >= 4 is 22.4 Å². The fourth-order valence-electron chi connectivity index (χ4n) is 4.84. The molecule has 2 saturated heterocycles. The van der Waals surface area contributed by atoms with Crippen LogP contribution in [-0.2, 0) is 7.05 Å². The van der Waals surface area contributed by atoms with Gasteiger partial charge in [-0.05, 0) is 45.8 Å². The molecule has 4 heterocycles. The van der Waals surface area contributed by atoms with Crippen LogP contribution in [0, 0.1) is 0 Å². The lowest BCUT2D eigenvalue weighted by Gasteiger charge is -2.34. The Balaban J connectivity index is 1.53. The second kappa shape index (κ2) is 8.76. The van der Waals surface area contributed by atoms with E-state index in [1.807, 2.05) is 6.07 Å². The van der Waals surface area contributed by atoms with Crippen LogP contribution >= 0.6 is 0 Å². The minimum atomic E-state index is -0.0484. The lowest BCUT2D eigenvalue weighted by Crippen LogP contribution is -2.44. The molecule has 33 heavy (non-hydrogen) atoms. The molecule has 0 radical (unpaired) electrons. The summed E-state index contributed by atoms with van der Waals surface area (Å²) in [5.41, 5.74) is 3.80. The largest absolute Gasteiger partial charge is 0.369 e. The SMILES string of the molecule is CN1CCN(c2ccc(-c3cc4ncn(C)c(=O)c4c(N4CCC(N(C)C)C4)n3)cc2)CC1. The van der Waals surface area contributed by atoms with Crippen LogP contribution in [0.2, 0.25) is 0 Å². The van der Waals surface area contributed by atoms with E-state index >= 15 is 0 Å². The van der Waals surface area contributed by atoms with Gasteiger partial charge in [-0.2, -0.15) is 0 Å². The molecule has 2 fully saturated rings. The number of pyridine rings is 1. The van der Waals surface area contributed by atoms with Crippen molar-refractivity contribution in [3.63, 3.8) is 0 Å². The minimum Gasteiger partial charge on any atom is -0.369 e. The molecular weight excluding hydrogens is 414 g/mol. The summed E-state index contributed by atoms with van der Waals surface area (Å²) in [4.78, 5) is 32.0. The molecule has 8 nitrogen and oxygen atoms in total. The number of likely N-dealkylation sites (N-methyl/N-ethyl adjacent to an activating group) is 2. The third-order valence-electron chi connectivity index (χ3n) is 7.11. The first-order chi connectivity index (χ1) is 15.9. The Labute approximate surface area is 195 Å². The number of hydrogen-bond donors (Lipinski definition) is 0. The molecule has 0 aliphatic carbocycles. The smallest absolute Gasteiger partial charge is 0.264 e. The summed E-state index contributed by atoms with van der Waals surface area (Å²) in [6.45, 7) is 6.00. The molecule has 8 heteroatoms. The average molecular weight is 448 g/mol. The lowest BCUT2D eigenvalue weighted by molar-refractivity contribution is 0.313. The zero-order chi connectivity index (χ0) is 23.1. The maximum atomic E-state index is 13.0. The topological polar surface area (TPSA) is 60.7 Å². The normalized spacial score (nSPS) is 19.7. The number of hydrogen-bond acceptors (Lipinski definition) is 7. The number of nitrogens with zero attached hydrogens (tertiary/aromatic N) is 7. The summed E-state index contributed by atoms with van der Waals surface area (Å²) in [5.74, 6) is 0.753. The second-order valence-corrected chi connectivity index (χ2v) is 9.58. The van der Waals surface area contributed by atoms with Crippen molar-refractivity contribution in [2.45, 2.75) is 12.5 Å². The van der Waals surface area contributed by atoms with E-state index in [0.717, 1.165) is 62.8 Å². The highest BCUT2D eigenvalue weighted by Gasteiger charge is 2.28. The molecule has 0 saturated carbocycles. The monoisotopic (exact) mass is 447 g/mol. The van der Waals surface area contributed by atoms with Gasteiger partial charge in [0.15, 0.2) is 0 Å². The molecule has 174 valence electrons. The van der Waals surface area contributed by atoms with Gasteiger partial charge in [0, 0.05) is 63.6 Å². The number of aryl methyl sites for hydroxylation is 1. The van der Waals surface area contributed by atoms with Crippen molar-refractivity contribution in [3.8, 4) is 11.3 Å². The number of aromatic nitrogens is 3. The van der Waals surface area contributed by atoms with Gasteiger partial charge in [-0.1, -0.05) is 12.1 Å². The number of fused-ring (bicyclic) bond motifs is 1. The summed E-state index contributed by atoms with van der Waals surface area (Å²) in [7, 11) is 8.14. The van der Waals surface area contributed by atoms with Crippen molar-refractivity contribution in [2.24, 2.45) is 7.05 Å². The molecular formula is C25H33N7O. The highest BCUT2D eigenvalue weighted by molar-refractivity contribution is 5.92. The van der Waals surface area contributed by atoms with Gasteiger partial charge in [0.25, 0.3) is 5.56 Å². The number of rotatable bonds is 4. The van der Waals surface area contributed by atoms with Gasteiger partial charge in [-0.3, -0.25) is 4.79 Å². The Bertz CT molecular complexity index is 1200. The first-order valence-electron chi connectivity index (χ1n) is 11.7. The third-order valence-corrected chi connectivity index (χ3v) is 7.11. The van der Waals surface area contributed by atoms with Crippen LogP contribution in [0.5, 0.6) is 0 Å². The molecule has 0 spiro atoms. The van der Waals surface area contributed by atoms with Crippen molar-refractivity contribution in [3.05, 3.63) is 47.0 Å². The molecule has 2 aliphatic rings. The summed E-state index contributed by atoms with van der Waals surface area (Å²) < 4.78 is 1.54. The molecule has 5 rings (SSSR count). The van der Waals surface area contributed by atoms with Crippen molar-refractivity contribution < 1.29 is 0 Å². The Morgan fingerprint density at radius 3 is 2.36 bits per heavy atom. The highest BCUT2D eigenvalue weighted by atomic mass is 16.1. The van der Waals surface area contributed by atoms with Crippen molar-refractivity contribution in [1.29, 1.82) is 0 Å². The standard InChI is InChI=1S/C25H33N7O/c1-28(2)20-9-10-32(16-20)24-23-22(26-17-30(4)25(23)33)15-21(27-24)18-5-7-19(8-6-18)31-13-11-29(3)12-14-31/h5-8,15,17,20H,9-14,16H2,1-4H3. The molecule has 1 atom stereocenters. The van der Waals surface area contributed by atoms with Gasteiger partial charge in [0.05, 0.1) is 17.5 Å². The van der Waals surface area contributed by atoms with Gasteiger partial charge in [-0.15, -0.1) is 0 Å². The Morgan fingerprint density at radius 2 is 1.70 bits per heavy atom. The van der Waals surface area contributed by atoms with E-state index in [0.29, 0.717) is 16.9 Å². The third kappa shape index (κ3) is 4.20. The summed E-state index contributed by atoms with van der Waals surface area (Å²) >= 11 is 0. The van der Waals surface area contributed by atoms with Crippen LogP contribution in [0.4, 0.5) is 11.5 Å². The first-order valence-corrected chi connectivity index (χ1v) is 11.7. The van der Waals surface area contributed by atoms with E-state index in [2.05, 4.69) is 70.0 Å². The van der Waals surface area contributed by atoms with Gasteiger partial charge in [-0.25, -0.2) is 9.97 Å². The van der Waals surface area contributed by atoms with E-state index in [9.17, 15) is 4.79 Å². The predicted molar refractivity (Wildman–Crippen MR) is 134 cm³/mol. The van der Waals surface area contributed by atoms with Crippen molar-refractivity contribution in [2.75, 3.05) is 70.2 Å². The number of piperazine rings is 1. The fraction of sp³-hybridized carbons (Fsp3) is 0.480. The zero-order valence-electron chi connectivity index (χ0n) is 20.0. The van der Waals surface area contributed by atoms with Crippen LogP contribution in [0.15, 0.2) is 41.5 Å². The second-order valence-electron chi connectivity index (χ2n) is 9.58. The highest BCUT2D eigenvalue weighted by Crippen LogP contribution is 2.31. The van der Waals surface area contributed by atoms with E-state index in [1.54, 1.807) is 13.4 Å². The molecule has 1 aromatic carbocycles. The molecule has 0 bridgehead atoms. The van der Waals surface area contributed by atoms with Gasteiger partial charge in [0.1, 0.15) is 11.2 Å². The minimum absolute atomic E-state index is 0.0484. The first kappa shape index (κ1) is 21.9. The van der Waals surface area contributed by atoms with Gasteiger partial charge in [0.2, 0.25) is 0 Å². The van der Waals surface area contributed by atoms with Crippen LogP contribution in [-0.4, -0.2) is 90.8 Å². The average Bonchev–Trinajstić information content (AvgIpc) is 3.32. The molecule has 3 aromatic rings. The Morgan fingerprint density at radius 1 is 0.970 bits per heavy atom. The van der Waals surface area contributed by atoms with E-state index < -0.39 is 0 Å². The lowest BCUT2D eigenvalue weighted by atomic mass is 10.1. The quantitative estimate of drug-likeness (QED) is 0.605. The van der Waals surface area contributed by atoms with Crippen LogP contribution < -0.4 is 15.4 Å². The zero-order valence-corrected chi connectivity index (χ0v) is 20.0. The predicted octanol–water partition coefficient (Wildman–Crippen LogP) is 1.89. The summed E-state index contributed by atoms with van der Waals surface area (Å²) in [5, 5.41) is 0.609. The molecule has 0 amide bonds. The van der Waals surface area contributed by atoms with E-state index in [4.69, 9.17) is 4.98 Å². The molecule has 2 aliphatic heterocycles. The van der Waals surface area contributed by atoms with E-state index in [1.165, 1.54) is 10.3 Å². The maximum absolute atomic E-state index is 13.0. The van der Waals surface area contributed by atoms with Gasteiger partial charge >= 0.3 is 0 Å². The van der Waals surface area contributed by atoms with Crippen LogP contribution in [0.25, 0.3) is 22.2 Å². The molecule has 1 unspecified atom stereocenters. The number of anilines is 2. The number of benzene rings is 1.